The minimum absolute atomic E-state index is 0.0718. The Morgan fingerprint density at radius 1 is 1.10 bits per heavy atom. The van der Waals surface area contributed by atoms with E-state index in [0.29, 0.717) is 12.4 Å². The van der Waals surface area contributed by atoms with Gasteiger partial charge in [-0.05, 0) is 18.6 Å². The fourth-order valence-corrected chi connectivity index (χ4v) is 2.48. The lowest BCUT2D eigenvalue weighted by atomic mass is 10.3. The molecule has 1 aliphatic rings. The Labute approximate surface area is 117 Å². The summed E-state index contributed by atoms with van der Waals surface area (Å²) in [6, 6.07) is 10.3. The standard InChI is InChI=1S/C14H17N5O/c20-14(13-15-11-16-17-13)19-8-4-7-18(9-10-19)12-5-2-1-3-6-12/h1-3,5-6,11H,4,7-10H2,(H,15,16,17). The molecule has 1 amide bonds. The highest BCUT2D eigenvalue weighted by molar-refractivity contribution is 5.90. The summed E-state index contributed by atoms with van der Waals surface area (Å²) in [6.45, 7) is 3.26. The fourth-order valence-electron chi connectivity index (χ4n) is 2.48. The zero-order chi connectivity index (χ0) is 13.8. The van der Waals surface area contributed by atoms with Crippen LogP contribution in [0.5, 0.6) is 0 Å². The van der Waals surface area contributed by atoms with Gasteiger partial charge in [0.15, 0.2) is 0 Å². The molecule has 104 valence electrons. The van der Waals surface area contributed by atoms with Gasteiger partial charge in [-0.15, -0.1) is 0 Å². The summed E-state index contributed by atoms with van der Waals surface area (Å²) in [5.74, 6) is 0.246. The zero-order valence-corrected chi connectivity index (χ0v) is 11.2. The highest BCUT2D eigenvalue weighted by atomic mass is 16.2. The molecule has 20 heavy (non-hydrogen) atoms. The predicted molar refractivity (Wildman–Crippen MR) is 75.6 cm³/mol. The van der Waals surface area contributed by atoms with Gasteiger partial charge in [-0.3, -0.25) is 9.89 Å². The molecule has 1 aromatic heterocycles. The van der Waals surface area contributed by atoms with E-state index in [4.69, 9.17) is 0 Å². The molecule has 1 aromatic carbocycles. The molecule has 6 nitrogen and oxygen atoms in total. The number of aromatic amines is 1. The van der Waals surface area contributed by atoms with Gasteiger partial charge in [0.2, 0.25) is 5.82 Å². The quantitative estimate of drug-likeness (QED) is 0.890. The number of para-hydroxylation sites is 1. The van der Waals surface area contributed by atoms with Gasteiger partial charge in [-0.2, -0.15) is 5.10 Å². The Kier molecular flexibility index (Phi) is 3.62. The average molecular weight is 271 g/mol. The van der Waals surface area contributed by atoms with E-state index in [0.717, 1.165) is 26.1 Å². The first kappa shape index (κ1) is 12.7. The third-order valence-electron chi connectivity index (χ3n) is 3.52. The molecule has 0 spiro atoms. The molecule has 0 unspecified atom stereocenters. The molecule has 1 fully saturated rings. The summed E-state index contributed by atoms with van der Waals surface area (Å²) in [6.07, 6.45) is 2.32. The Balaban J connectivity index is 1.67. The Bertz CT molecular complexity index is 554. The lowest BCUT2D eigenvalue weighted by molar-refractivity contribution is 0.0755. The summed E-state index contributed by atoms with van der Waals surface area (Å²) < 4.78 is 0. The van der Waals surface area contributed by atoms with E-state index >= 15 is 0 Å². The largest absolute Gasteiger partial charge is 0.370 e. The van der Waals surface area contributed by atoms with E-state index < -0.39 is 0 Å². The van der Waals surface area contributed by atoms with Gasteiger partial charge in [0, 0.05) is 31.9 Å². The number of rotatable bonds is 2. The minimum Gasteiger partial charge on any atom is -0.370 e. The molecule has 1 saturated heterocycles. The number of anilines is 1. The second kappa shape index (κ2) is 5.73. The van der Waals surface area contributed by atoms with Crippen LogP contribution in [0.4, 0.5) is 5.69 Å². The maximum Gasteiger partial charge on any atom is 0.291 e. The number of nitrogens with one attached hydrogen (secondary N) is 1. The van der Waals surface area contributed by atoms with Gasteiger partial charge in [-0.25, -0.2) is 4.98 Å². The first-order valence-corrected chi connectivity index (χ1v) is 6.79. The van der Waals surface area contributed by atoms with Gasteiger partial charge >= 0.3 is 0 Å². The van der Waals surface area contributed by atoms with Gasteiger partial charge < -0.3 is 9.80 Å². The van der Waals surface area contributed by atoms with E-state index in [9.17, 15) is 4.79 Å². The lowest BCUT2D eigenvalue weighted by Gasteiger charge is -2.23. The average Bonchev–Trinajstić information content (AvgIpc) is 2.92. The van der Waals surface area contributed by atoms with Crippen molar-refractivity contribution in [1.29, 1.82) is 0 Å². The van der Waals surface area contributed by atoms with Crippen molar-refractivity contribution in [3.05, 3.63) is 42.5 Å². The van der Waals surface area contributed by atoms with E-state index in [-0.39, 0.29) is 5.91 Å². The van der Waals surface area contributed by atoms with Gasteiger partial charge in [-0.1, -0.05) is 18.2 Å². The van der Waals surface area contributed by atoms with Crippen molar-refractivity contribution in [2.24, 2.45) is 0 Å². The van der Waals surface area contributed by atoms with Crippen LogP contribution in [0.2, 0.25) is 0 Å². The van der Waals surface area contributed by atoms with Gasteiger partial charge in [0.25, 0.3) is 5.91 Å². The topological polar surface area (TPSA) is 65.1 Å². The number of H-pyrrole nitrogens is 1. The number of carbonyl (C=O) groups excluding carboxylic acids is 1. The van der Waals surface area contributed by atoms with Crippen LogP contribution < -0.4 is 4.90 Å². The molecule has 2 heterocycles. The molecule has 0 aliphatic carbocycles. The third-order valence-corrected chi connectivity index (χ3v) is 3.52. The summed E-state index contributed by atoms with van der Waals surface area (Å²) in [5.41, 5.74) is 1.21. The van der Waals surface area contributed by atoms with Crippen LogP contribution in [0.1, 0.15) is 17.0 Å². The van der Waals surface area contributed by atoms with Crippen molar-refractivity contribution in [2.75, 3.05) is 31.1 Å². The second-order valence-electron chi connectivity index (χ2n) is 4.80. The lowest BCUT2D eigenvalue weighted by Crippen LogP contribution is -2.35. The zero-order valence-electron chi connectivity index (χ0n) is 11.2. The van der Waals surface area contributed by atoms with E-state index in [1.807, 2.05) is 23.1 Å². The van der Waals surface area contributed by atoms with Crippen molar-refractivity contribution in [2.45, 2.75) is 6.42 Å². The molecular formula is C14H17N5O. The number of benzene rings is 1. The van der Waals surface area contributed by atoms with Crippen LogP contribution >= 0.6 is 0 Å². The molecule has 2 aromatic rings. The van der Waals surface area contributed by atoms with E-state index in [2.05, 4.69) is 32.2 Å². The molecule has 6 heteroatoms. The van der Waals surface area contributed by atoms with Crippen LogP contribution in [0.25, 0.3) is 0 Å². The first-order valence-electron chi connectivity index (χ1n) is 6.79. The van der Waals surface area contributed by atoms with Crippen LogP contribution in [-0.4, -0.2) is 52.2 Å². The SMILES string of the molecule is O=C(c1ncn[nH]1)N1CCCN(c2ccccc2)CC1. The maximum absolute atomic E-state index is 12.2. The fraction of sp³-hybridized carbons (Fsp3) is 0.357. The summed E-state index contributed by atoms with van der Waals surface area (Å²) in [7, 11) is 0. The normalized spacial score (nSPS) is 16.0. The molecule has 0 atom stereocenters. The van der Waals surface area contributed by atoms with Crippen molar-refractivity contribution in [1.82, 2.24) is 20.1 Å². The first-order chi connectivity index (χ1) is 9.84. The minimum atomic E-state index is -0.0718. The number of aromatic nitrogens is 3. The van der Waals surface area contributed by atoms with Crippen molar-refractivity contribution < 1.29 is 4.79 Å². The van der Waals surface area contributed by atoms with Crippen LogP contribution in [0, 0.1) is 0 Å². The summed E-state index contributed by atoms with van der Waals surface area (Å²) in [5, 5.41) is 6.36. The predicted octanol–water partition coefficient (Wildman–Crippen LogP) is 1.16. The van der Waals surface area contributed by atoms with Gasteiger partial charge in [0.05, 0.1) is 0 Å². The number of carbonyl (C=O) groups is 1. The molecule has 0 radical (unpaired) electrons. The van der Waals surface area contributed by atoms with Crippen LogP contribution in [-0.2, 0) is 0 Å². The second-order valence-corrected chi connectivity index (χ2v) is 4.80. The smallest absolute Gasteiger partial charge is 0.291 e. The third kappa shape index (κ3) is 2.64. The monoisotopic (exact) mass is 271 g/mol. The van der Waals surface area contributed by atoms with E-state index in [1.54, 1.807) is 0 Å². The molecule has 1 N–H and O–H groups in total. The Hall–Kier alpha value is -2.37. The molecular weight excluding hydrogens is 254 g/mol. The number of hydrogen-bond donors (Lipinski definition) is 1. The number of amides is 1. The Morgan fingerprint density at radius 3 is 2.70 bits per heavy atom. The molecule has 1 aliphatic heterocycles. The van der Waals surface area contributed by atoms with Crippen molar-refractivity contribution >= 4 is 11.6 Å². The van der Waals surface area contributed by atoms with Crippen LogP contribution in [0.15, 0.2) is 36.7 Å². The molecule has 0 saturated carbocycles. The maximum atomic E-state index is 12.2. The van der Waals surface area contributed by atoms with Crippen molar-refractivity contribution in [3.63, 3.8) is 0 Å². The van der Waals surface area contributed by atoms with E-state index in [1.165, 1.54) is 12.0 Å². The molecule has 0 bridgehead atoms. The van der Waals surface area contributed by atoms with Crippen LogP contribution in [0.3, 0.4) is 0 Å². The highest BCUT2D eigenvalue weighted by Gasteiger charge is 2.21. The number of nitrogens with zero attached hydrogens (tertiary/aromatic N) is 4. The molecule has 3 rings (SSSR count). The summed E-state index contributed by atoms with van der Waals surface area (Å²) >= 11 is 0. The van der Waals surface area contributed by atoms with Gasteiger partial charge in [0.1, 0.15) is 6.33 Å². The summed E-state index contributed by atoms with van der Waals surface area (Å²) in [4.78, 5) is 20.3. The van der Waals surface area contributed by atoms with Crippen molar-refractivity contribution in [3.8, 4) is 0 Å². The number of hydrogen-bond acceptors (Lipinski definition) is 4. The Morgan fingerprint density at radius 2 is 1.95 bits per heavy atom. The highest BCUT2D eigenvalue weighted by Crippen LogP contribution is 2.16.